The molecule has 0 bridgehead atoms. The highest BCUT2D eigenvalue weighted by molar-refractivity contribution is 5.75. The fraction of sp³-hybridized carbons (Fsp3) is 0.0909. The molecule has 0 amide bonds. The Kier molecular flexibility index (Phi) is 2.18. The van der Waals surface area contributed by atoms with E-state index in [-0.39, 0.29) is 0 Å². The zero-order valence-corrected chi connectivity index (χ0v) is 9.20. The van der Waals surface area contributed by atoms with Gasteiger partial charge in [-0.2, -0.15) is 4.68 Å². The number of aromatic nitrogens is 5. The van der Waals surface area contributed by atoms with Crippen LogP contribution in [-0.2, 0) is 0 Å². The van der Waals surface area contributed by atoms with Crippen molar-refractivity contribution in [1.82, 2.24) is 25.0 Å². The molecule has 0 aliphatic carbocycles. The van der Waals surface area contributed by atoms with Crippen LogP contribution in [0.1, 0.15) is 0 Å². The number of benzene rings is 1. The van der Waals surface area contributed by atoms with Gasteiger partial charge in [0.05, 0.1) is 5.52 Å². The van der Waals surface area contributed by atoms with Crippen LogP contribution < -0.4 is 5.32 Å². The van der Waals surface area contributed by atoms with Crippen LogP contribution >= 0.6 is 0 Å². The summed E-state index contributed by atoms with van der Waals surface area (Å²) in [7, 11) is 1.81. The molecule has 0 saturated heterocycles. The van der Waals surface area contributed by atoms with Crippen molar-refractivity contribution in [2.45, 2.75) is 0 Å². The molecular formula is C11H10N6. The van der Waals surface area contributed by atoms with E-state index in [0.29, 0.717) is 5.82 Å². The number of nitrogens with zero attached hydrogens (tertiary/aromatic N) is 5. The minimum atomic E-state index is 0.693. The lowest BCUT2D eigenvalue weighted by atomic mass is 10.3. The Balaban J connectivity index is 2.20. The standard InChI is InChI=1S/C11H10N6/c1-12-10-6-11(14-7-13-10)17-9-5-3-2-4-8(9)15-16-17/h2-7H,1H3,(H,12,13,14). The first-order chi connectivity index (χ1) is 8.38. The van der Waals surface area contributed by atoms with Crippen molar-refractivity contribution in [2.75, 3.05) is 12.4 Å². The SMILES string of the molecule is CNc1cc(-n2nnc3ccccc32)ncn1. The third kappa shape index (κ3) is 1.59. The van der Waals surface area contributed by atoms with Crippen LogP contribution in [0.3, 0.4) is 0 Å². The molecule has 6 nitrogen and oxygen atoms in total. The first-order valence-corrected chi connectivity index (χ1v) is 5.19. The van der Waals surface area contributed by atoms with Crippen LogP contribution in [0.2, 0.25) is 0 Å². The van der Waals surface area contributed by atoms with E-state index in [4.69, 9.17) is 0 Å². The molecule has 1 N–H and O–H groups in total. The van der Waals surface area contributed by atoms with Gasteiger partial charge in [0.2, 0.25) is 0 Å². The van der Waals surface area contributed by atoms with Crippen molar-refractivity contribution >= 4 is 16.9 Å². The van der Waals surface area contributed by atoms with Crippen LogP contribution in [0.25, 0.3) is 16.9 Å². The molecular weight excluding hydrogens is 216 g/mol. The summed E-state index contributed by atoms with van der Waals surface area (Å²) in [4.78, 5) is 8.25. The largest absolute Gasteiger partial charge is 0.373 e. The number of para-hydroxylation sites is 1. The molecule has 84 valence electrons. The molecule has 3 aromatic rings. The predicted molar refractivity (Wildman–Crippen MR) is 64.0 cm³/mol. The summed E-state index contributed by atoms with van der Waals surface area (Å²) in [6.07, 6.45) is 1.50. The molecule has 0 fully saturated rings. The van der Waals surface area contributed by atoms with Crippen molar-refractivity contribution in [3.8, 4) is 5.82 Å². The van der Waals surface area contributed by atoms with E-state index in [2.05, 4.69) is 25.6 Å². The van der Waals surface area contributed by atoms with Gasteiger partial charge in [0.1, 0.15) is 17.7 Å². The summed E-state index contributed by atoms with van der Waals surface area (Å²) in [5.41, 5.74) is 1.77. The van der Waals surface area contributed by atoms with Crippen LogP contribution in [0.4, 0.5) is 5.82 Å². The molecule has 0 saturated carbocycles. The summed E-state index contributed by atoms with van der Waals surface area (Å²) in [5, 5.41) is 11.1. The molecule has 3 rings (SSSR count). The Morgan fingerprint density at radius 1 is 1.18 bits per heavy atom. The molecule has 17 heavy (non-hydrogen) atoms. The maximum absolute atomic E-state index is 4.19. The fourth-order valence-corrected chi connectivity index (χ4v) is 1.64. The Hall–Kier alpha value is -2.50. The lowest BCUT2D eigenvalue weighted by Crippen LogP contribution is -2.02. The smallest absolute Gasteiger partial charge is 0.161 e. The van der Waals surface area contributed by atoms with E-state index in [9.17, 15) is 0 Å². The Morgan fingerprint density at radius 3 is 2.94 bits per heavy atom. The van der Waals surface area contributed by atoms with E-state index < -0.39 is 0 Å². The van der Waals surface area contributed by atoms with Crippen molar-refractivity contribution in [3.05, 3.63) is 36.7 Å². The minimum absolute atomic E-state index is 0.693. The number of hydrogen-bond acceptors (Lipinski definition) is 5. The first kappa shape index (κ1) is 9.71. The van der Waals surface area contributed by atoms with Gasteiger partial charge in [-0.15, -0.1) is 5.10 Å². The molecule has 0 spiro atoms. The summed E-state index contributed by atoms with van der Waals surface area (Å²) in [6.45, 7) is 0. The van der Waals surface area contributed by atoms with Crippen molar-refractivity contribution < 1.29 is 0 Å². The van der Waals surface area contributed by atoms with Gasteiger partial charge in [0.25, 0.3) is 0 Å². The van der Waals surface area contributed by atoms with Crippen molar-refractivity contribution in [3.63, 3.8) is 0 Å². The highest BCUT2D eigenvalue weighted by atomic mass is 15.4. The maximum atomic E-state index is 4.19. The Morgan fingerprint density at radius 2 is 2.06 bits per heavy atom. The normalized spacial score (nSPS) is 10.6. The van der Waals surface area contributed by atoms with Crippen LogP contribution in [0.5, 0.6) is 0 Å². The number of hydrogen-bond donors (Lipinski definition) is 1. The highest BCUT2D eigenvalue weighted by Gasteiger charge is 2.07. The summed E-state index contributed by atoms with van der Waals surface area (Å²) >= 11 is 0. The Labute approximate surface area is 97.3 Å². The van der Waals surface area contributed by atoms with Crippen LogP contribution in [0, 0.1) is 0 Å². The van der Waals surface area contributed by atoms with Gasteiger partial charge in [-0.05, 0) is 12.1 Å². The second-order valence-electron chi connectivity index (χ2n) is 3.50. The molecule has 1 aromatic carbocycles. The zero-order chi connectivity index (χ0) is 11.7. The summed E-state index contributed by atoms with van der Waals surface area (Å²) in [6, 6.07) is 9.57. The fourth-order valence-electron chi connectivity index (χ4n) is 1.64. The summed E-state index contributed by atoms with van der Waals surface area (Å²) < 4.78 is 1.69. The lowest BCUT2D eigenvalue weighted by molar-refractivity contribution is 0.797. The minimum Gasteiger partial charge on any atom is -0.373 e. The number of fused-ring (bicyclic) bond motifs is 1. The third-order valence-corrected chi connectivity index (χ3v) is 2.48. The van der Waals surface area contributed by atoms with Gasteiger partial charge >= 0.3 is 0 Å². The topological polar surface area (TPSA) is 68.5 Å². The quantitative estimate of drug-likeness (QED) is 0.712. The van der Waals surface area contributed by atoms with Crippen molar-refractivity contribution in [2.24, 2.45) is 0 Å². The lowest BCUT2D eigenvalue weighted by Gasteiger charge is -2.02. The number of nitrogens with one attached hydrogen (secondary N) is 1. The van der Waals surface area contributed by atoms with Gasteiger partial charge in [0, 0.05) is 13.1 Å². The predicted octanol–water partition coefficient (Wildman–Crippen LogP) is 1.25. The molecule has 0 unspecified atom stereocenters. The van der Waals surface area contributed by atoms with Crippen LogP contribution in [0.15, 0.2) is 36.7 Å². The van der Waals surface area contributed by atoms with E-state index >= 15 is 0 Å². The first-order valence-electron chi connectivity index (χ1n) is 5.19. The highest BCUT2D eigenvalue weighted by Crippen LogP contribution is 2.15. The van der Waals surface area contributed by atoms with Gasteiger partial charge in [-0.25, -0.2) is 9.97 Å². The average molecular weight is 226 g/mol. The molecule has 6 heteroatoms. The van der Waals surface area contributed by atoms with Crippen molar-refractivity contribution in [1.29, 1.82) is 0 Å². The second kappa shape index (κ2) is 3.82. The van der Waals surface area contributed by atoms with Gasteiger partial charge in [-0.3, -0.25) is 0 Å². The molecule has 0 atom stereocenters. The molecule has 0 radical (unpaired) electrons. The number of rotatable bonds is 2. The number of anilines is 1. The van der Waals surface area contributed by atoms with Crippen LogP contribution in [-0.4, -0.2) is 32.0 Å². The monoisotopic (exact) mass is 226 g/mol. The molecule has 0 aliphatic heterocycles. The van der Waals surface area contributed by atoms with E-state index in [1.165, 1.54) is 6.33 Å². The summed E-state index contributed by atoms with van der Waals surface area (Å²) in [5.74, 6) is 1.44. The van der Waals surface area contributed by atoms with E-state index in [0.717, 1.165) is 16.9 Å². The second-order valence-corrected chi connectivity index (χ2v) is 3.50. The average Bonchev–Trinajstić information content (AvgIpc) is 2.82. The van der Waals surface area contributed by atoms with Gasteiger partial charge in [-0.1, -0.05) is 17.3 Å². The molecule has 2 aromatic heterocycles. The third-order valence-electron chi connectivity index (χ3n) is 2.48. The van der Waals surface area contributed by atoms with Gasteiger partial charge in [0.15, 0.2) is 5.82 Å². The zero-order valence-electron chi connectivity index (χ0n) is 9.20. The molecule has 2 heterocycles. The van der Waals surface area contributed by atoms with Gasteiger partial charge < -0.3 is 5.32 Å². The van der Waals surface area contributed by atoms with E-state index in [1.807, 2.05) is 37.4 Å². The maximum Gasteiger partial charge on any atom is 0.161 e. The van der Waals surface area contributed by atoms with E-state index in [1.54, 1.807) is 4.68 Å². The molecule has 0 aliphatic rings. The Bertz CT molecular complexity index is 660.